The monoisotopic (exact) mass is 188 g/mol. The molecule has 1 rings (SSSR count). The molecule has 0 aliphatic rings. The van der Waals surface area contributed by atoms with Crippen LogP contribution in [0.15, 0.2) is 24.2 Å². The molecule has 0 aromatic heterocycles. The molecule has 0 fully saturated rings. The first-order chi connectivity index (χ1) is 9.33. The lowest BCUT2D eigenvalue weighted by Crippen LogP contribution is -2.32. The van der Waals surface area contributed by atoms with Gasteiger partial charge in [0.25, 0.3) is 2.86 Å². The maximum absolute atomic E-state index is 11.3. The van der Waals surface area contributed by atoms with E-state index in [1.54, 1.807) is 0 Å². The fraction of sp³-hybridized carbons (Fsp3) is 0.222. The van der Waals surface area contributed by atoms with Crippen LogP contribution >= 0.6 is 0 Å². The SMILES string of the molecule is [2H]OC(=O)[C@H](C([2H])c1cc(O[2H])c([2H])cc1[2H])N([2H])[2H]. The third kappa shape index (κ3) is 2.76. The molecule has 0 spiro atoms. The average Bonchev–Trinajstić information content (AvgIpc) is 2.38. The standard InChI is InChI=1S/C9H11NO3/c10-8(9(12)13)5-6-2-1-3-7(11)4-6/h1-4,8,11H,5,10H2,(H,12,13)/t8-/m0/s1/i2D,3D,5D/hD4/t5?,8-. The molecule has 0 bridgehead atoms. The van der Waals surface area contributed by atoms with Crippen LogP contribution in [0.3, 0.4) is 0 Å². The summed E-state index contributed by atoms with van der Waals surface area (Å²) in [7, 11) is 0. The van der Waals surface area contributed by atoms with E-state index in [9.17, 15) is 4.79 Å². The van der Waals surface area contributed by atoms with E-state index in [2.05, 4.69) is 10.2 Å². The molecule has 13 heavy (non-hydrogen) atoms. The van der Waals surface area contributed by atoms with Gasteiger partial charge in [-0.05, 0) is 24.1 Å². The minimum Gasteiger partial charge on any atom is -0.508 e. The number of phenols is 1. The molecule has 0 radical (unpaired) electrons. The molecule has 0 saturated carbocycles. The minimum atomic E-state index is -1.74. The van der Waals surface area contributed by atoms with Gasteiger partial charge in [-0.2, -0.15) is 0 Å². The maximum Gasteiger partial charge on any atom is 0.320 e. The number of phenolic OH excluding ortho intramolecular Hbond substituents is 1. The second-order valence-electron chi connectivity index (χ2n) is 2.33. The molecule has 1 aromatic carbocycles. The number of carboxylic acids is 1. The Morgan fingerprint density at radius 3 is 3.54 bits per heavy atom. The lowest BCUT2D eigenvalue weighted by atomic mass is 10.1. The van der Waals surface area contributed by atoms with Crippen LogP contribution in [0.5, 0.6) is 5.75 Å². The molecular formula is C9H11NO3. The van der Waals surface area contributed by atoms with Crippen molar-refractivity contribution in [3.63, 3.8) is 0 Å². The summed E-state index contributed by atoms with van der Waals surface area (Å²) < 4.78 is 50.4. The molecule has 70 valence electrons. The van der Waals surface area contributed by atoms with Gasteiger partial charge in [-0.3, -0.25) is 4.79 Å². The van der Waals surface area contributed by atoms with Crippen molar-refractivity contribution in [2.24, 2.45) is 5.72 Å². The zero-order chi connectivity index (χ0) is 15.4. The van der Waals surface area contributed by atoms with Gasteiger partial charge in [0.2, 0.25) is 0 Å². The van der Waals surface area contributed by atoms with Crippen LogP contribution in [0, 0.1) is 0 Å². The summed E-state index contributed by atoms with van der Waals surface area (Å²) in [6.45, 7) is 0. The van der Waals surface area contributed by atoms with Crippen LogP contribution in [-0.4, -0.2) is 23.7 Å². The van der Waals surface area contributed by atoms with Crippen molar-refractivity contribution in [1.82, 2.24) is 0 Å². The Morgan fingerprint density at radius 2 is 2.85 bits per heavy atom. The molecule has 1 aromatic rings. The van der Waals surface area contributed by atoms with Crippen molar-refractivity contribution in [1.29, 1.82) is 2.86 Å². The number of carboxylic acid groups (broad SMARTS) is 1. The number of rotatable bonds is 5. The van der Waals surface area contributed by atoms with Gasteiger partial charge >= 0.3 is 5.97 Å². The summed E-state index contributed by atoms with van der Waals surface area (Å²) >= 11 is 0. The van der Waals surface area contributed by atoms with E-state index in [1.807, 2.05) is 0 Å². The predicted molar refractivity (Wildman–Crippen MR) is 47.4 cm³/mol. The van der Waals surface area contributed by atoms with E-state index in [0.717, 1.165) is 12.1 Å². The van der Waals surface area contributed by atoms with Gasteiger partial charge in [-0.25, -0.2) is 0 Å². The van der Waals surface area contributed by atoms with Gasteiger partial charge in [0.1, 0.15) is 14.6 Å². The van der Waals surface area contributed by atoms with Crippen molar-refractivity contribution in [2.45, 2.75) is 12.4 Å². The first-order valence-electron chi connectivity index (χ1n) is 6.72. The number of hydrogen-bond donors (Lipinski definition) is 3. The van der Waals surface area contributed by atoms with Crippen molar-refractivity contribution >= 4 is 5.97 Å². The average molecular weight is 188 g/mol. The summed E-state index contributed by atoms with van der Waals surface area (Å²) in [5.41, 5.74) is -0.216. The van der Waals surface area contributed by atoms with Crippen LogP contribution in [0.1, 0.15) is 9.68 Å². The van der Waals surface area contributed by atoms with Gasteiger partial charge in [-0.1, -0.05) is 12.1 Å². The van der Waals surface area contributed by atoms with Crippen LogP contribution in [0.25, 0.3) is 1.43 Å². The second-order valence-corrected chi connectivity index (χ2v) is 2.33. The first-order valence-corrected chi connectivity index (χ1v) is 3.44. The van der Waals surface area contributed by atoms with E-state index in [1.165, 1.54) is 0 Å². The lowest BCUT2D eigenvalue weighted by molar-refractivity contribution is -0.138. The number of hydrogen-bond acceptors (Lipinski definition) is 4. The van der Waals surface area contributed by atoms with Gasteiger partial charge in [0, 0.05) is 1.37 Å². The third-order valence-corrected chi connectivity index (χ3v) is 1.32. The molecule has 2 atom stereocenters. The Balaban J connectivity index is 3.24. The zero-order valence-electron chi connectivity index (χ0n) is 13.5. The highest BCUT2D eigenvalue weighted by Crippen LogP contribution is 2.11. The Bertz CT molecular complexity index is 499. The number of aliphatic carboxylic acids is 1. The highest BCUT2D eigenvalue weighted by atomic mass is 16.4. The number of nitrogens with two attached hydrogens (primary N) is 1. The molecule has 0 heterocycles. The van der Waals surface area contributed by atoms with Crippen LogP contribution in [0.4, 0.5) is 0 Å². The normalized spacial score (nSPS) is 22.1. The second kappa shape index (κ2) is 3.91. The van der Waals surface area contributed by atoms with Gasteiger partial charge in [0.05, 0.1) is 2.74 Å². The zero-order valence-corrected chi connectivity index (χ0v) is 6.48. The fourth-order valence-corrected chi connectivity index (χ4v) is 0.749. The number of carbonyl (C=O) groups is 1. The Morgan fingerprint density at radius 1 is 1.92 bits per heavy atom. The maximum atomic E-state index is 11.3. The fourth-order valence-electron chi connectivity index (χ4n) is 0.749. The summed E-state index contributed by atoms with van der Waals surface area (Å²) in [6.07, 6.45) is -1.58. The molecule has 4 N–H and O–H groups in total. The number of benzene rings is 1. The van der Waals surface area contributed by atoms with E-state index in [0.29, 0.717) is 0 Å². The summed E-state index contributed by atoms with van der Waals surface area (Å²) in [5.74, 6) is -1.52. The van der Waals surface area contributed by atoms with E-state index in [4.69, 9.17) is 9.80 Å². The Labute approximate surface area is 85.7 Å². The molecule has 0 aliphatic carbocycles. The van der Waals surface area contributed by atoms with Crippen molar-refractivity contribution < 1.29 is 21.9 Å². The first kappa shape index (κ1) is 3.67. The van der Waals surface area contributed by atoms with Crippen molar-refractivity contribution in [2.75, 3.05) is 0 Å². The van der Waals surface area contributed by atoms with E-state index >= 15 is 0 Å². The van der Waals surface area contributed by atoms with Gasteiger partial charge < -0.3 is 15.9 Å². The van der Waals surface area contributed by atoms with E-state index < -0.39 is 18.4 Å². The van der Waals surface area contributed by atoms with Crippen molar-refractivity contribution in [3.8, 4) is 5.75 Å². The van der Waals surface area contributed by atoms with Crippen molar-refractivity contribution in [3.05, 3.63) is 29.8 Å². The van der Waals surface area contributed by atoms with Crippen LogP contribution in [0.2, 0.25) is 2.82 Å². The predicted octanol–water partition coefficient (Wildman–Crippen LogP) is 0.347. The molecule has 0 saturated heterocycles. The summed E-state index contributed by atoms with van der Waals surface area (Å²) in [5, 5.41) is 7.83. The quantitative estimate of drug-likeness (QED) is 0.622. The molecule has 4 heteroatoms. The topological polar surface area (TPSA) is 83.5 Å². The number of aromatic hydroxyl groups is 1. The molecule has 0 amide bonds. The third-order valence-electron chi connectivity index (χ3n) is 1.32. The smallest absolute Gasteiger partial charge is 0.320 e. The lowest BCUT2D eigenvalue weighted by Gasteiger charge is -2.05. The molecule has 0 aliphatic heterocycles. The Hall–Kier alpha value is -1.55. The van der Waals surface area contributed by atoms with E-state index in [-0.39, 0.29) is 29.1 Å². The molecule has 1 unspecified atom stereocenters. The van der Waals surface area contributed by atoms with Crippen LogP contribution < -0.4 is 5.72 Å². The van der Waals surface area contributed by atoms with Gasteiger partial charge in [0.15, 0.2) is 0 Å². The van der Waals surface area contributed by atoms with Gasteiger partial charge in [-0.15, -0.1) is 0 Å². The summed E-state index contributed by atoms with van der Waals surface area (Å²) in [6, 6.07) is -0.202. The molecular weight excluding hydrogens is 170 g/mol. The highest BCUT2D eigenvalue weighted by molar-refractivity contribution is 5.73. The molecule has 4 nitrogen and oxygen atoms in total. The minimum absolute atomic E-state index is 0.0934. The van der Waals surface area contributed by atoms with Crippen LogP contribution in [-0.2, 0) is 11.2 Å². The highest BCUT2D eigenvalue weighted by Gasteiger charge is 2.11. The summed E-state index contributed by atoms with van der Waals surface area (Å²) in [4.78, 5) is 11.3. The largest absolute Gasteiger partial charge is 0.508 e. The Kier molecular flexibility index (Phi) is 1.10.